The number of hydrogen-bond donors (Lipinski definition) is 2. The van der Waals surface area contributed by atoms with Gasteiger partial charge < -0.3 is 19.1 Å². The van der Waals surface area contributed by atoms with Gasteiger partial charge in [-0.3, -0.25) is 20.4 Å². The molecule has 0 aliphatic carbocycles. The van der Waals surface area contributed by atoms with Crippen molar-refractivity contribution in [1.82, 2.24) is 19.9 Å². The van der Waals surface area contributed by atoms with E-state index in [4.69, 9.17) is 4.74 Å². The van der Waals surface area contributed by atoms with Crippen LogP contribution in [0.15, 0.2) is 35.3 Å². The number of hydrogen-bond acceptors (Lipinski definition) is 7. The molecule has 2 aromatic heterocycles. The third-order valence-electron chi connectivity index (χ3n) is 6.55. The van der Waals surface area contributed by atoms with Crippen molar-refractivity contribution in [3.8, 4) is 5.75 Å². The summed E-state index contributed by atoms with van der Waals surface area (Å²) in [6.45, 7) is 4.69. The summed E-state index contributed by atoms with van der Waals surface area (Å²) in [4.78, 5) is 33.6. The van der Waals surface area contributed by atoms with E-state index in [1.165, 1.54) is 12.3 Å². The third kappa shape index (κ3) is 4.54. The minimum absolute atomic E-state index is 0.0261. The van der Waals surface area contributed by atoms with E-state index in [0.717, 1.165) is 31.3 Å². The number of ether oxygens (including phenoxy) is 1. The average Bonchev–Trinajstić information content (AvgIpc) is 2.86. The maximum Gasteiger partial charge on any atom is 0.433 e. The van der Waals surface area contributed by atoms with Crippen molar-refractivity contribution in [3.63, 3.8) is 0 Å². The summed E-state index contributed by atoms with van der Waals surface area (Å²) in [6.07, 6.45) is -3.30. The molecule has 0 spiro atoms. The zero-order valence-corrected chi connectivity index (χ0v) is 20.0. The van der Waals surface area contributed by atoms with Crippen molar-refractivity contribution in [3.05, 3.63) is 57.8 Å². The predicted octanol–water partition coefficient (Wildman–Crippen LogP) is 3.02. The van der Waals surface area contributed by atoms with Crippen molar-refractivity contribution in [2.24, 2.45) is 0 Å². The van der Waals surface area contributed by atoms with Crippen LogP contribution in [-0.2, 0) is 6.18 Å². The van der Waals surface area contributed by atoms with Gasteiger partial charge in [0, 0.05) is 32.4 Å². The van der Waals surface area contributed by atoms with Crippen LogP contribution in [0.3, 0.4) is 0 Å². The number of likely N-dealkylation sites (N-methyl/N-ethyl adjacent to an activating group) is 1. The molecule has 0 bridgehead atoms. The molecule has 0 radical (unpaired) electrons. The molecule has 1 fully saturated rings. The van der Waals surface area contributed by atoms with Crippen molar-refractivity contribution >= 4 is 28.3 Å². The van der Waals surface area contributed by atoms with Crippen molar-refractivity contribution in [2.75, 3.05) is 50.2 Å². The molecule has 1 amide bonds. The summed E-state index contributed by atoms with van der Waals surface area (Å²) in [6, 6.07) is 3.99. The molecule has 13 heteroatoms. The Kier molecular flexibility index (Phi) is 6.18. The van der Waals surface area contributed by atoms with Gasteiger partial charge in [0.05, 0.1) is 16.9 Å². The van der Waals surface area contributed by atoms with Crippen LogP contribution in [0.4, 0.5) is 29.1 Å². The predicted molar refractivity (Wildman–Crippen MR) is 128 cm³/mol. The Morgan fingerprint density at radius 1 is 1.19 bits per heavy atom. The normalized spacial score (nSPS) is 18.0. The summed E-state index contributed by atoms with van der Waals surface area (Å²) in [5.74, 6) is -1.54. The number of hydrazine groups is 1. The first-order valence-electron chi connectivity index (χ1n) is 11.6. The van der Waals surface area contributed by atoms with E-state index in [9.17, 15) is 22.8 Å². The highest BCUT2D eigenvalue weighted by atomic mass is 19.4. The number of aromatic nitrogens is 2. The van der Waals surface area contributed by atoms with Crippen LogP contribution in [0, 0.1) is 5.82 Å². The van der Waals surface area contributed by atoms with Crippen molar-refractivity contribution in [1.29, 1.82) is 0 Å². The molecule has 9 nitrogen and oxygen atoms in total. The molecule has 3 aromatic rings. The monoisotopic (exact) mass is 520 g/mol. The third-order valence-corrected chi connectivity index (χ3v) is 6.55. The van der Waals surface area contributed by atoms with Crippen LogP contribution in [0.25, 0.3) is 10.9 Å². The first-order valence-corrected chi connectivity index (χ1v) is 11.6. The fourth-order valence-electron chi connectivity index (χ4n) is 4.55. The molecule has 1 atom stereocenters. The van der Waals surface area contributed by atoms with E-state index < -0.39 is 29.0 Å². The Hall–Kier alpha value is -3.87. The first-order chi connectivity index (χ1) is 17.5. The lowest BCUT2D eigenvalue weighted by Crippen LogP contribution is -2.45. The quantitative estimate of drug-likeness (QED) is 0.404. The highest BCUT2D eigenvalue weighted by Gasteiger charge is 2.33. The highest BCUT2D eigenvalue weighted by molar-refractivity contribution is 6.00. The van der Waals surface area contributed by atoms with Gasteiger partial charge in [0.15, 0.2) is 11.6 Å². The SMILES string of the molecule is C[C@H]1COc2c(N3CCN(C)CC3)c(F)cc3c(=O)c(C(=O)NNc4cccc(C(F)(F)F)n4)cn1c23. The zero-order chi connectivity index (χ0) is 26.5. The van der Waals surface area contributed by atoms with Gasteiger partial charge in [0.1, 0.15) is 29.4 Å². The van der Waals surface area contributed by atoms with Crippen molar-refractivity contribution in [2.45, 2.75) is 19.1 Å². The molecule has 0 unspecified atom stereocenters. The highest BCUT2D eigenvalue weighted by Crippen LogP contribution is 2.42. The van der Waals surface area contributed by atoms with E-state index in [1.54, 1.807) is 4.57 Å². The molecule has 4 heterocycles. The van der Waals surface area contributed by atoms with Gasteiger partial charge in [-0.1, -0.05) is 6.07 Å². The molecule has 2 N–H and O–H groups in total. The Morgan fingerprint density at radius 2 is 1.92 bits per heavy atom. The summed E-state index contributed by atoms with van der Waals surface area (Å²) in [5, 5.41) is -0.0261. The van der Waals surface area contributed by atoms with Gasteiger partial charge in [-0.05, 0) is 32.2 Å². The number of pyridine rings is 2. The van der Waals surface area contributed by atoms with Gasteiger partial charge >= 0.3 is 6.18 Å². The van der Waals surface area contributed by atoms with E-state index in [-0.39, 0.29) is 40.9 Å². The second-order valence-electron chi connectivity index (χ2n) is 9.15. The smallest absolute Gasteiger partial charge is 0.433 e. The van der Waals surface area contributed by atoms with Crippen molar-refractivity contribution < 1.29 is 27.1 Å². The molecule has 0 saturated carbocycles. The Morgan fingerprint density at radius 3 is 2.62 bits per heavy atom. The van der Waals surface area contributed by atoms with E-state index in [1.807, 2.05) is 18.9 Å². The molecular weight excluding hydrogens is 496 g/mol. The minimum atomic E-state index is -4.66. The van der Waals surface area contributed by atoms with Crippen LogP contribution in [-0.4, -0.2) is 60.2 Å². The molecular formula is C24H24F4N6O3. The van der Waals surface area contributed by atoms with Gasteiger partial charge in [-0.25, -0.2) is 9.37 Å². The zero-order valence-electron chi connectivity index (χ0n) is 20.0. The minimum Gasteiger partial charge on any atom is -0.487 e. The van der Waals surface area contributed by atoms with Crippen LogP contribution in [0.1, 0.15) is 29.0 Å². The number of anilines is 2. The first kappa shape index (κ1) is 24.8. The molecule has 5 rings (SSSR count). The van der Waals surface area contributed by atoms with Gasteiger partial charge in [-0.15, -0.1) is 0 Å². The fraction of sp³-hybridized carbons (Fsp3) is 0.375. The van der Waals surface area contributed by atoms with E-state index >= 15 is 4.39 Å². The molecule has 196 valence electrons. The summed E-state index contributed by atoms with van der Waals surface area (Å²) >= 11 is 0. The Bertz CT molecular complexity index is 1430. The number of carbonyl (C=O) groups excluding carboxylic acids is 1. The second-order valence-corrected chi connectivity index (χ2v) is 9.15. The summed E-state index contributed by atoms with van der Waals surface area (Å²) in [5.41, 5.74) is 3.01. The molecule has 2 aliphatic rings. The lowest BCUT2D eigenvalue weighted by molar-refractivity contribution is -0.141. The largest absolute Gasteiger partial charge is 0.487 e. The Balaban J connectivity index is 1.51. The van der Waals surface area contributed by atoms with E-state index in [2.05, 4.69) is 20.7 Å². The van der Waals surface area contributed by atoms with Crippen LogP contribution < -0.4 is 25.9 Å². The number of piperazine rings is 1. The average molecular weight is 520 g/mol. The Labute approximate surface area is 208 Å². The number of nitrogens with one attached hydrogen (secondary N) is 2. The summed E-state index contributed by atoms with van der Waals surface area (Å²) < 4.78 is 61.8. The second kappa shape index (κ2) is 9.21. The van der Waals surface area contributed by atoms with Crippen LogP contribution in [0.2, 0.25) is 0 Å². The van der Waals surface area contributed by atoms with Gasteiger partial charge in [-0.2, -0.15) is 13.2 Å². The number of benzene rings is 1. The summed E-state index contributed by atoms with van der Waals surface area (Å²) in [7, 11) is 1.98. The standard InChI is InChI=1S/C24H24F4N6O3/c1-13-12-37-22-19-14(10-16(25)20(22)33-8-6-32(2)7-9-33)21(35)15(11-34(13)19)23(36)31-30-18-5-3-4-17(29-18)24(26,27)28/h3-5,10-11,13H,6-9,12H2,1-2H3,(H,29,30)(H,31,36)/t13-/m0/s1. The number of halogens is 4. The molecule has 1 aromatic carbocycles. The molecule has 2 aliphatic heterocycles. The topological polar surface area (TPSA) is 91.7 Å². The number of amides is 1. The maximum atomic E-state index is 15.4. The van der Waals surface area contributed by atoms with Crippen LogP contribution in [0.5, 0.6) is 5.75 Å². The van der Waals surface area contributed by atoms with Crippen LogP contribution >= 0.6 is 0 Å². The van der Waals surface area contributed by atoms with E-state index in [0.29, 0.717) is 18.6 Å². The lowest BCUT2D eigenvalue weighted by atomic mass is 10.0. The fourth-order valence-corrected chi connectivity index (χ4v) is 4.55. The number of alkyl halides is 3. The number of rotatable bonds is 4. The van der Waals surface area contributed by atoms with Gasteiger partial charge in [0.25, 0.3) is 5.91 Å². The lowest BCUT2D eigenvalue weighted by Gasteiger charge is -2.37. The maximum absolute atomic E-state index is 15.4. The molecule has 37 heavy (non-hydrogen) atoms. The van der Waals surface area contributed by atoms with Gasteiger partial charge in [0.2, 0.25) is 5.43 Å². The number of nitrogens with zero attached hydrogens (tertiary/aromatic N) is 4. The molecule has 1 saturated heterocycles. The number of carbonyl (C=O) groups is 1.